The predicted molar refractivity (Wildman–Crippen MR) is 59.5 cm³/mol. The number of rotatable bonds is 1. The first-order valence-corrected chi connectivity index (χ1v) is 5.53. The van der Waals surface area contributed by atoms with Crippen molar-refractivity contribution < 1.29 is 9.90 Å². The average molecular weight is 214 g/mol. The lowest BCUT2D eigenvalue weighted by Gasteiger charge is -2.37. The highest BCUT2D eigenvalue weighted by Crippen LogP contribution is 2.21. The van der Waals surface area contributed by atoms with E-state index in [1.54, 1.807) is 4.90 Å². The van der Waals surface area contributed by atoms with Crippen LogP contribution in [-0.4, -0.2) is 47.7 Å². The molecule has 0 spiro atoms. The molecule has 4 nitrogen and oxygen atoms in total. The van der Waals surface area contributed by atoms with Gasteiger partial charge < -0.3 is 15.3 Å². The Balaban J connectivity index is 2.66. The van der Waals surface area contributed by atoms with Crippen molar-refractivity contribution in [2.45, 2.75) is 39.8 Å². The van der Waals surface area contributed by atoms with Crippen molar-refractivity contribution in [3.05, 3.63) is 0 Å². The molecule has 0 aromatic carbocycles. The minimum Gasteiger partial charge on any atom is -0.383 e. The van der Waals surface area contributed by atoms with Crippen LogP contribution in [0.4, 0.5) is 0 Å². The first-order chi connectivity index (χ1) is 6.84. The maximum absolute atomic E-state index is 12.0. The van der Waals surface area contributed by atoms with Gasteiger partial charge in [0.1, 0.15) is 6.10 Å². The summed E-state index contributed by atoms with van der Waals surface area (Å²) in [5.74, 6) is -0.142. The number of hydrogen-bond donors (Lipinski definition) is 2. The number of nitrogens with zero attached hydrogens (tertiary/aromatic N) is 1. The maximum atomic E-state index is 12.0. The Morgan fingerprint density at radius 3 is 2.60 bits per heavy atom. The lowest BCUT2D eigenvalue weighted by Crippen LogP contribution is -2.56. The van der Waals surface area contributed by atoms with Crippen molar-refractivity contribution in [1.82, 2.24) is 10.2 Å². The van der Waals surface area contributed by atoms with Gasteiger partial charge in [-0.25, -0.2) is 0 Å². The Labute approximate surface area is 91.6 Å². The molecular weight excluding hydrogens is 192 g/mol. The van der Waals surface area contributed by atoms with Gasteiger partial charge in [-0.15, -0.1) is 0 Å². The highest BCUT2D eigenvalue weighted by molar-refractivity contribution is 5.81. The van der Waals surface area contributed by atoms with Gasteiger partial charge in [-0.1, -0.05) is 20.8 Å². The predicted octanol–water partition coefficient (Wildman–Crippen LogP) is 0.214. The molecular formula is C11H22N2O2. The molecule has 0 aromatic heterocycles. The molecule has 0 saturated carbocycles. The van der Waals surface area contributed by atoms with E-state index >= 15 is 0 Å². The summed E-state index contributed by atoms with van der Waals surface area (Å²) in [4.78, 5) is 13.8. The standard InChI is InChI=1S/C11H22N2O2/c1-8-7-12-5-6-13(8)10(15)9(14)11(2,3)4/h8-9,12,14H,5-7H2,1-4H3/t8-,9?/m0/s1. The number of carbonyl (C=O) groups is 1. The third-order valence-corrected chi connectivity index (χ3v) is 2.84. The van der Waals surface area contributed by atoms with Gasteiger partial charge in [0, 0.05) is 25.7 Å². The Morgan fingerprint density at radius 1 is 1.53 bits per heavy atom. The molecule has 15 heavy (non-hydrogen) atoms. The molecule has 1 fully saturated rings. The van der Waals surface area contributed by atoms with Gasteiger partial charge in [0.25, 0.3) is 5.91 Å². The van der Waals surface area contributed by atoms with E-state index in [0.717, 1.165) is 13.1 Å². The van der Waals surface area contributed by atoms with Gasteiger partial charge in [0.15, 0.2) is 0 Å². The van der Waals surface area contributed by atoms with Crippen LogP contribution in [0.15, 0.2) is 0 Å². The zero-order valence-corrected chi connectivity index (χ0v) is 10.1. The second-order valence-electron chi connectivity index (χ2n) is 5.35. The topological polar surface area (TPSA) is 52.6 Å². The van der Waals surface area contributed by atoms with Gasteiger partial charge in [0.2, 0.25) is 0 Å². The Bertz CT molecular complexity index is 235. The van der Waals surface area contributed by atoms with Crippen LogP contribution in [-0.2, 0) is 4.79 Å². The zero-order chi connectivity index (χ0) is 11.6. The summed E-state index contributed by atoms with van der Waals surface area (Å²) in [5, 5.41) is 13.1. The summed E-state index contributed by atoms with van der Waals surface area (Å²) >= 11 is 0. The molecule has 1 aliphatic heterocycles. The molecule has 1 rings (SSSR count). The van der Waals surface area contributed by atoms with E-state index in [2.05, 4.69) is 5.32 Å². The Morgan fingerprint density at radius 2 is 2.13 bits per heavy atom. The molecule has 0 bridgehead atoms. The fourth-order valence-electron chi connectivity index (χ4n) is 1.70. The SMILES string of the molecule is C[C@H]1CNCCN1C(=O)C(O)C(C)(C)C. The second kappa shape index (κ2) is 4.49. The number of nitrogens with one attached hydrogen (secondary N) is 1. The van der Waals surface area contributed by atoms with E-state index < -0.39 is 6.10 Å². The van der Waals surface area contributed by atoms with E-state index in [1.165, 1.54) is 0 Å². The molecule has 0 aliphatic carbocycles. The summed E-state index contributed by atoms with van der Waals surface area (Å²) in [6, 6.07) is 0.170. The highest BCUT2D eigenvalue weighted by Gasteiger charge is 2.34. The fraction of sp³-hybridized carbons (Fsp3) is 0.909. The summed E-state index contributed by atoms with van der Waals surface area (Å²) < 4.78 is 0. The van der Waals surface area contributed by atoms with Crippen molar-refractivity contribution in [1.29, 1.82) is 0 Å². The molecule has 88 valence electrons. The fourth-order valence-corrected chi connectivity index (χ4v) is 1.70. The molecule has 4 heteroatoms. The zero-order valence-electron chi connectivity index (χ0n) is 10.1. The summed E-state index contributed by atoms with van der Waals surface area (Å²) in [6.07, 6.45) is -0.905. The van der Waals surface area contributed by atoms with Crippen LogP contribution >= 0.6 is 0 Å². The maximum Gasteiger partial charge on any atom is 0.252 e. The number of aliphatic hydroxyl groups excluding tert-OH is 1. The molecule has 0 radical (unpaired) electrons. The lowest BCUT2D eigenvalue weighted by molar-refractivity contribution is -0.148. The largest absolute Gasteiger partial charge is 0.383 e. The van der Waals surface area contributed by atoms with E-state index in [0.29, 0.717) is 6.54 Å². The van der Waals surface area contributed by atoms with E-state index in [-0.39, 0.29) is 17.4 Å². The smallest absolute Gasteiger partial charge is 0.252 e. The number of carbonyl (C=O) groups excluding carboxylic acids is 1. The van der Waals surface area contributed by atoms with Crippen LogP contribution in [0.3, 0.4) is 0 Å². The quantitative estimate of drug-likeness (QED) is 0.656. The van der Waals surface area contributed by atoms with Crippen molar-refractivity contribution >= 4 is 5.91 Å². The first-order valence-electron chi connectivity index (χ1n) is 5.53. The van der Waals surface area contributed by atoms with Crippen LogP contribution in [0.25, 0.3) is 0 Å². The van der Waals surface area contributed by atoms with Gasteiger partial charge in [-0.05, 0) is 12.3 Å². The third-order valence-electron chi connectivity index (χ3n) is 2.84. The Hall–Kier alpha value is -0.610. The van der Waals surface area contributed by atoms with E-state index in [9.17, 15) is 9.90 Å². The van der Waals surface area contributed by atoms with Crippen LogP contribution in [0.1, 0.15) is 27.7 Å². The normalized spacial score (nSPS) is 25.1. The lowest BCUT2D eigenvalue weighted by atomic mass is 9.88. The molecule has 2 atom stereocenters. The molecule has 1 unspecified atom stereocenters. The number of aliphatic hydroxyl groups is 1. The summed E-state index contributed by atoms with van der Waals surface area (Å²) in [6.45, 7) is 9.94. The molecule has 1 heterocycles. The van der Waals surface area contributed by atoms with Crippen LogP contribution in [0.2, 0.25) is 0 Å². The van der Waals surface area contributed by atoms with Crippen molar-refractivity contribution in [2.75, 3.05) is 19.6 Å². The van der Waals surface area contributed by atoms with E-state index in [4.69, 9.17) is 0 Å². The second-order valence-corrected chi connectivity index (χ2v) is 5.35. The average Bonchev–Trinajstić information content (AvgIpc) is 2.15. The minimum atomic E-state index is -0.905. The number of amides is 1. The van der Waals surface area contributed by atoms with Crippen LogP contribution in [0.5, 0.6) is 0 Å². The summed E-state index contributed by atoms with van der Waals surface area (Å²) in [7, 11) is 0. The molecule has 1 amide bonds. The highest BCUT2D eigenvalue weighted by atomic mass is 16.3. The van der Waals surface area contributed by atoms with E-state index in [1.807, 2.05) is 27.7 Å². The van der Waals surface area contributed by atoms with Crippen LogP contribution in [0, 0.1) is 5.41 Å². The van der Waals surface area contributed by atoms with Crippen LogP contribution < -0.4 is 5.32 Å². The van der Waals surface area contributed by atoms with Gasteiger partial charge >= 0.3 is 0 Å². The Kier molecular flexibility index (Phi) is 3.73. The minimum absolute atomic E-state index is 0.142. The third kappa shape index (κ3) is 2.92. The van der Waals surface area contributed by atoms with Gasteiger partial charge in [-0.2, -0.15) is 0 Å². The molecule has 0 aromatic rings. The monoisotopic (exact) mass is 214 g/mol. The first kappa shape index (κ1) is 12.5. The molecule has 1 saturated heterocycles. The van der Waals surface area contributed by atoms with Gasteiger partial charge in [0.05, 0.1) is 0 Å². The summed E-state index contributed by atoms with van der Waals surface area (Å²) in [5.41, 5.74) is -0.387. The number of hydrogen-bond acceptors (Lipinski definition) is 3. The number of piperazine rings is 1. The van der Waals surface area contributed by atoms with Gasteiger partial charge in [-0.3, -0.25) is 4.79 Å². The molecule has 1 aliphatic rings. The molecule has 2 N–H and O–H groups in total. The van der Waals surface area contributed by atoms with Crippen molar-refractivity contribution in [3.63, 3.8) is 0 Å². The van der Waals surface area contributed by atoms with Crippen molar-refractivity contribution in [3.8, 4) is 0 Å². The van der Waals surface area contributed by atoms with Crippen molar-refractivity contribution in [2.24, 2.45) is 5.41 Å².